The van der Waals surface area contributed by atoms with Crippen LogP contribution in [0.4, 0.5) is 5.69 Å². The Morgan fingerprint density at radius 3 is 2.47 bits per heavy atom. The zero-order chi connectivity index (χ0) is 13.8. The van der Waals surface area contributed by atoms with Crippen LogP contribution in [-0.4, -0.2) is 13.0 Å². The molecule has 0 bridgehead atoms. The first-order valence-electron chi connectivity index (χ1n) is 5.51. The van der Waals surface area contributed by atoms with Gasteiger partial charge in [-0.25, -0.2) is 0 Å². The predicted molar refractivity (Wildman–Crippen MR) is 77.4 cm³/mol. The minimum absolute atomic E-state index is 0.308. The van der Waals surface area contributed by atoms with Crippen molar-refractivity contribution in [3.05, 3.63) is 58.1 Å². The van der Waals surface area contributed by atoms with Gasteiger partial charge in [0.15, 0.2) is 0 Å². The van der Waals surface area contributed by atoms with Crippen molar-refractivity contribution in [2.24, 2.45) is 0 Å². The van der Waals surface area contributed by atoms with Crippen molar-refractivity contribution >= 4 is 34.8 Å². The Labute approximate surface area is 121 Å². The van der Waals surface area contributed by atoms with Crippen LogP contribution in [0.5, 0.6) is 5.75 Å². The number of benzene rings is 2. The van der Waals surface area contributed by atoms with Gasteiger partial charge in [0.1, 0.15) is 5.75 Å². The maximum absolute atomic E-state index is 12.1. The van der Waals surface area contributed by atoms with E-state index in [1.807, 2.05) is 0 Å². The fraction of sp³-hybridized carbons (Fsp3) is 0.0714. The molecule has 0 saturated heterocycles. The molecule has 2 rings (SSSR count). The van der Waals surface area contributed by atoms with Crippen molar-refractivity contribution in [1.29, 1.82) is 0 Å². The lowest BCUT2D eigenvalue weighted by Gasteiger charge is -2.09. The molecule has 98 valence electrons. The lowest BCUT2D eigenvalue weighted by atomic mass is 10.2. The third-order valence-electron chi connectivity index (χ3n) is 2.54. The molecule has 5 heteroatoms. The number of amides is 1. The predicted octanol–water partition coefficient (Wildman–Crippen LogP) is 4.25. The van der Waals surface area contributed by atoms with Gasteiger partial charge in [-0.05, 0) is 24.3 Å². The van der Waals surface area contributed by atoms with E-state index in [2.05, 4.69) is 5.32 Å². The number of methoxy groups -OCH3 is 1. The minimum Gasteiger partial charge on any atom is -0.497 e. The Balaban J connectivity index is 2.22. The molecular weight excluding hydrogens is 285 g/mol. The molecule has 1 N–H and O–H groups in total. The summed E-state index contributed by atoms with van der Waals surface area (Å²) < 4.78 is 5.04. The fourth-order valence-corrected chi connectivity index (χ4v) is 2.00. The van der Waals surface area contributed by atoms with Gasteiger partial charge in [0.05, 0.1) is 28.4 Å². The number of carbonyl (C=O) groups is 1. The highest BCUT2D eigenvalue weighted by molar-refractivity contribution is 6.36. The molecule has 0 atom stereocenters. The normalized spacial score (nSPS) is 10.1. The number of anilines is 1. The van der Waals surface area contributed by atoms with Crippen molar-refractivity contribution < 1.29 is 9.53 Å². The highest BCUT2D eigenvalue weighted by Gasteiger charge is 2.11. The van der Waals surface area contributed by atoms with E-state index in [-0.39, 0.29) is 5.91 Å². The van der Waals surface area contributed by atoms with Crippen LogP contribution in [0.15, 0.2) is 42.5 Å². The van der Waals surface area contributed by atoms with Crippen LogP contribution in [0.25, 0.3) is 0 Å². The van der Waals surface area contributed by atoms with E-state index < -0.39 is 0 Å². The standard InChI is InChI=1S/C14H11Cl2NO2/c1-19-9-6-7-13(12(16)8-9)17-14(18)10-4-2-3-5-11(10)15/h2-8H,1H3,(H,17,18). The Morgan fingerprint density at radius 1 is 1.11 bits per heavy atom. The van der Waals surface area contributed by atoms with E-state index in [4.69, 9.17) is 27.9 Å². The van der Waals surface area contributed by atoms with Crippen LogP contribution >= 0.6 is 23.2 Å². The van der Waals surface area contributed by atoms with Crippen LogP contribution < -0.4 is 10.1 Å². The molecular formula is C14H11Cl2NO2. The molecule has 0 unspecified atom stereocenters. The van der Waals surface area contributed by atoms with Crippen molar-refractivity contribution in [3.63, 3.8) is 0 Å². The number of hydrogen-bond donors (Lipinski definition) is 1. The van der Waals surface area contributed by atoms with E-state index >= 15 is 0 Å². The lowest BCUT2D eigenvalue weighted by Crippen LogP contribution is -2.12. The van der Waals surface area contributed by atoms with Gasteiger partial charge in [-0.1, -0.05) is 35.3 Å². The van der Waals surface area contributed by atoms with Gasteiger partial charge in [-0.3, -0.25) is 4.79 Å². The molecule has 0 aromatic heterocycles. The molecule has 0 fully saturated rings. The van der Waals surface area contributed by atoms with Crippen LogP contribution in [0, 0.1) is 0 Å². The molecule has 0 aliphatic rings. The summed E-state index contributed by atoms with van der Waals surface area (Å²) in [4.78, 5) is 12.1. The molecule has 0 radical (unpaired) electrons. The first-order valence-corrected chi connectivity index (χ1v) is 6.27. The Kier molecular flexibility index (Phi) is 4.30. The largest absolute Gasteiger partial charge is 0.497 e. The molecule has 19 heavy (non-hydrogen) atoms. The molecule has 3 nitrogen and oxygen atoms in total. The minimum atomic E-state index is -0.308. The number of ether oxygens (including phenoxy) is 1. The SMILES string of the molecule is COc1ccc(NC(=O)c2ccccc2Cl)c(Cl)c1. The average molecular weight is 296 g/mol. The molecule has 1 amide bonds. The Bertz CT molecular complexity index is 614. The molecule has 2 aromatic carbocycles. The van der Waals surface area contributed by atoms with Crippen molar-refractivity contribution in [2.75, 3.05) is 12.4 Å². The third-order valence-corrected chi connectivity index (χ3v) is 3.19. The van der Waals surface area contributed by atoms with E-state index in [1.54, 1.807) is 49.6 Å². The third kappa shape index (κ3) is 3.19. The van der Waals surface area contributed by atoms with Crippen LogP contribution in [0.1, 0.15) is 10.4 Å². The Hall–Kier alpha value is -1.71. The second-order valence-electron chi connectivity index (χ2n) is 3.78. The first-order chi connectivity index (χ1) is 9.11. The van der Waals surface area contributed by atoms with E-state index in [1.165, 1.54) is 0 Å². The van der Waals surface area contributed by atoms with Gasteiger partial charge < -0.3 is 10.1 Å². The molecule has 0 saturated carbocycles. The van der Waals surface area contributed by atoms with Gasteiger partial charge in [0.25, 0.3) is 5.91 Å². The summed E-state index contributed by atoms with van der Waals surface area (Å²) in [5.74, 6) is 0.318. The Morgan fingerprint density at radius 2 is 1.84 bits per heavy atom. The van der Waals surface area contributed by atoms with E-state index in [9.17, 15) is 4.79 Å². The topological polar surface area (TPSA) is 38.3 Å². The van der Waals surface area contributed by atoms with Gasteiger partial charge >= 0.3 is 0 Å². The van der Waals surface area contributed by atoms with E-state index in [0.717, 1.165) is 0 Å². The van der Waals surface area contributed by atoms with Gasteiger partial charge in [0, 0.05) is 6.07 Å². The maximum atomic E-state index is 12.1. The van der Waals surface area contributed by atoms with Gasteiger partial charge in [0.2, 0.25) is 0 Å². The van der Waals surface area contributed by atoms with Crippen molar-refractivity contribution in [3.8, 4) is 5.75 Å². The number of carbonyl (C=O) groups excluding carboxylic acids is 1. The highest BCUT2D eigenvalue weighted by atomic mass is 35.5. The summed E-state index contributed by atoms with van der Waals surface area (Å²) in [5, 5.41) is 3.50. The number of hydrogen-bond acceptors (Lipinski definition) is 2. The highest BCUT2D eigenvalue weighted by Crippen LogP contribution is 2.27. The number of nitrogens with one attached hydrogen (secondary N) is 1. The summed E-state index contributed by atoms with van der Waals surface area (Å²) in [5.41, 5.74) is 0.906. The number of rotatable bonds is 3. The van der Waals surface area contributed by atoms with Crippen LogP contribution in [-0.2, 0) is 0 Å². The zero-order valence-corrected chi connectivity index (χ0v) is 11.6. The van der Waals surface area contributed by atoms with Crippen LogP contribution in [0.3, 0.4) is 0 Å². The quantitative estimate of drug-likeness (QED) is 0.919. The fourth-order valence-electron chi connectivity index (χ4n) is 1.56. The second-order valence-corrected chi connectivity index (χ2v) is 4.59. The summed E-state index contributed by atoms with van der Waals surface area (Å²) in [6.07, 6.45) is 0. The summed E-state index contributed by atoms with van der Waals surface area (Å²) in [7, 11) is 1.55. The van der Waals surface area contributed by atoms with Gasteiger partial charge in [-0.15, -0.1) is 0 Å². The molecule has 0 heterocycles. The molecule has 0 aliphatic heterocycles. The van der Waals surface area contributed by atoms with Crippen molar-refractivity contribution in [2.45, 2.75) is 0 Å². The number of halogens is 2. The zero-order valence-electron chi connectivity index (χ0n) is 10.1. The first kappa shape index (κ1) is 13.7. The summed E-state index contributed by atoms with van der Waals surface area (Å²) in [6.45, 7) is 0. The monoisotopic (exact) mass is 295 g/mol. The summed E-state index contributed by atoms with van der Waals surface area (Å²) >= 11 is 12.0. The molecule has 0 spiro atoms. The maximum Gasteiger partial charge on any atom is 0.257 e. The summed E-state index contributed by atoms with van der Waals surface area (Å²) in [6, 6.07) is 11.8. The average Bonchev–Trinajstić information content (AvgIpc) is 2.41. The van der Waals surface area contributed by atoms with E-state index in [0.29, 0.717) is 27.0 Å². The second kappa shape index (κ2) is 5.95. The van der Waals surface area contributed by atoms with Crippen LogP contribution in [0.2, 0.25) is 10.0 Å². The van der Waals surface area contributed by atoms with Crippen molar-refractivity contribution in [1.82, 2.24) is 0 Å². The smallest absolute Gasteiger partial charge is 0.257 e. The lowest BCUT2D eigenvalue weighted by molar-refractivity contribution is 0.102. The molecule has 2 aromatic rings. The van der Waals surface area contributed by atoms with Gasteiger partial charge in [-0.2, -0.15) is 0 Å². The molecule has 0 aliphatic carbocycles.